The van der Waals surface area contributed by atoms with Crippen LogP contribution in [0.2, 0.25) is 0 Å². The number of rotatable bonds is 6. The first kappa shape index (κ1) is 22.3. The van der Waals surface area contributed by atoms with Crippen molar-refractivity contribution in [2.75, 3.05) is 4.72 Å². The highest BCUT2D eigenvalue weighted by Crippen LogP contribution is 2.20. The number of carbonyl (C=O) groups is 1. The molecule has 0 fully saturated rings. The normalized spacial score (nSPS) is 12.3. The smallest absolute Gasteiger partial charge is 0.261 e. The van der Waals surface area contributed by atoms with Gasteiger partial charge >= 0.3 is 0 Å². The topological polar surface area (TPSA) is 75.3 Å². The van der Waals surface area contributed by atoms with Crippen molar-refractivity contribution in [1.82, 2.24) is 5.32 Å². The SMILES string of the molecule is CC(NC(=O)c1ccc(NS(=O)(=O)c2ccc(F)c(F)c2)cc1)c1ccc(F)c(F)c1. The lowest BCUT2D eigenvalue weighted by molar-refractivity contribution is 0.0940. The van der Waals surface area contributed by atoms with E-state index >= 15 is 0 Å². The first-order valence-electron chi connectivity index (χ1n) is 8.90. The van der Waals surface area contributed by atoms with E-state index < -0.39 is 50.1 Å². The fraction of sp³-hybridized carbons (Fsp3) is 0.0952. The van der Waals surface area contributed by atoms with Crippen LogP contribution in [0.1, 0.15) is 28.9 Å². The summed E-state index contributed by atoms with van der Waals surface area (Å²) in [6, 6.07) is 10.2. The van der Waals surface area contributed by atoms with Crippen LogP contribution in [-0.2, 0) is 10.0 Å². The molecule has 1 amide bonds. The van der Waals surface area contributed by atoms with Gasteiger partial charge in [-0.05, 0) is 67.1 Å². The maximum atomic E-state index is 13.4. The molecule has 0 heterocycles. The average Bonchev–Trinajstić information content (AvgIpc) is 2.72. The van der Waals surface area contributed by atoms with E-state index in [4.69, 9.17) is 0 Å². The number of carbonyl (C=O) groups excluding carboxylic acids is 1. The minimum absolute atomic E-state index is 0.0925. The highest BCUT2D eigenvalue weighted by Gasteiger charge is 2.18. The summed E-state index contributed by atoms with van der Waals surface area (Å²) in [5.74, 6) is -5.02. The quantitative estimate of drug-likeness (QED) is 0.540. The van der Waals surface area contributed by atoms with Crippen molar-refractivity contribution in [3.63, 3.8) is 0 Å². The second-order valence-electron chi connectivity index (χ2n) is 6.63. The molecule has 3 rings (SSSR count). The minimum atomic E-state index is -4.17. The second-order valence-corrected chi connectivity index (χ2v) is 8.31. The Balaban J connectivity index is 1.69. The van der Waals surface area contributed by atoms with E-state index in [1.54, 1.807) is 6.92 Å². The molecule has 5 nitrogen and oxygen atoms in total. The van der Waals surface area contributed by atoms with Crippen LogP contribution in [0.4, 0.5) is 23.2 Å². The Morgan fingerprint density at radius 2 is 1.39 bits per heavy atom. The van der Waals surface area contributed by atoms with Crippen molar-refractivity contribution >= 4 is 21.6 Å². The van der Waals surface area contributed by atoms with Gasteiger partial charge in [-0.15, -0.1) is 0 Å². The average molecular weight is 452 g/mol. The molecule has 1 unspecified atom stereocenters. The van der Waals surface area contributed by atoms with Gasteiger partial charge in [0, 0.05) is 11.3 Å². The van der Waals surface area contributed by atoms with Crippen molar-refractivity contribution in [2.24, 2.45) is 0 Å². The van der Waals surface area contributed by atoms with Crippen LogP contribution >= 0.6 is 0 Å². The molecule has 1 atom stereocenters. The summed E-state index contributed by atoms with van der Waals surface area (Å²) in [6.07, 6.45) is 0. The molecule has 31 heavy (non-hydrogen) atoms. The van der Waals surface area contributed by atoms with Gasteiger partial charge in [0.1, 0.15) is 0 Å². The number of hydrogen-bond donors (Lipinski definition) is 2. The van der Waals surface area contributed by atoms with Crippen LogP contribution < -0.4 is 10.0 Å². The van der Waals surface area contributed by atoms with Gasteiger partial charge in [0.15, 0.2) is 23.3 Å². The van der Waals surface area contributed by atoms with Gasteiger partial charge in [0.2, 0.25) is 0 Å². The monoisotopic (exact) mass is 452 g/mol. The number of amides is 1. The van der Waals surface area contributed by atoms with E-state index in [0.717, 1.165) is 18.2 Å². The molecule has 0 aromatic heterocycles. The second kappa shape index (κ2) is 8.76. The van der Waals surface area contributed by atoms with Crippen LogP contribution in [0.25, 0.3) is 0 Å². The number of benzene rings is 3. The van der Waals surface area contributed by atoms with Crippen LogP contribution in [0.3, 0.4) is 0 Å². The summed E-state index contributed by atoms with van der Waals surface area (Å²) in [5.41, 5.74) is 0.642. The molecular weight excluding hydrogens is 436 g/mol. The molecule has 0 spiro atoms. The molecule has 0 bridgehead atoms. The summed E-state index contributed by atoms with van der Waals surface area (Å²) < 4.78 is 79.5. The van der Waals surface area contributed by atoms with Crippen LogP contribution in [0.15, 0.2) is 65.6 Å². The standard InChI is InChI=1S/C21H16F4N2O3S/c1-12(14-4-8-17(22)19(24)10-14)26-21(28)13-2-5-15(6-3-13)27-31(29,30)16-7-9-18(23)20(25)11-16/h2-12,27H,1H3,(H,26,28). The summed E-state index contributed by atoms with van der Waals surface area (Å²) in [7, 11) is -4.17. The Morgan fingerprint density at radius 1 is 0.806 bits per heavy atom. The minimum Gasteiger partial charge on any atom is -0.346 e. The van der Waals surface area contributed by atoms with E-state index in [1.807, 2.05) is 0 Å². The van der Waals surface area contributed by atoms with Gasteiger partial charge in [-0.1, -0.05) is 6.07 Å². The Kier molecular flexibility index (Phi) is 6.30. The maximum absolute atomic E-state index is 13.4. The summed E-state index contributed by atoms with van der Waals surface area (Å²) in [5, 5.41) is 2.62. The van der Waals surface area contributed by atoms with Crippen molar-refractivity contribution in [3.8, 4) is 0 Å². The molecule has 0 saturated heterocycles. The van der Waals surface area contributed by atoms with Crippen LogP contribution in [0, 0.1) is 23.3 Å². The first-order valence-corrected chi connectivity index (χ1v) is 10.4. The zero-order valence-electron chi connectivity index (χ0n) is 16.0. The lowest BCUT2D eigenvalue weighted by Gasteiger charge is -2.15. The highest BCUT2D eigenvalue weighted by molar-refractivity contribution is 7.92. The van der Waals surface area contributed by atoms with Gasteiger partial charge in [-0.3, -0.25) is 9.52 Å². The Hall–Kier alpha value is -3.40. The number of hydrogen-bond acceptors (Lipinski definition) is 3. The van der Waals surface area contributed by atoms with Gasteiger partial charge in [-0.2, -0.15) is 0 Å². The number of halogens is 4. The molecule has 0 aliphatic heterocycles. The third kappa shape index (κ3) is 5.21. The van der Waals surface area contributed by atoms with Crippen molar-refractivity contribution < 1.29 is 30.8 Å². The third-order valence-electron chi connectivity index (χ3n) is 4.39. The predicted molar refractivity (Wildman–Crippen MR) is 106 cm³/mol. The van der Waals surface area contributed by atoms with E-state index in [1.165, 1.54) is 30.3 Å². The molecule has 10 heteroatoms. The Labute approximate surface area is 175 Å². The molecule has 3 aromatic rings. The molecule has 0 saturated carbocycles. The van der Waals surface area contributed by atoms with Gasteiger partial charge in [-0.25, -0.2) is 26.0 Å². The van der Waals surface area contributed by atoms with Crippen LogP contribution in [0.5, 0.6) is 0 Å². The molecule has 0 aliphatic rings. The third-order valence-corrected chi connectivity index (χ3v) is 5.77. The molecule has 162 valence electrons. The van der Waals surface area contributed by atoms with E-state index in [2.05, 4.69) is 10.0 Å². The van der Waals surface area contributed by atoms with Crippen molar-refractivity contribution in [1.29, 1.82) is 0 Å². The molecule has 0 radical (unpaired) electrons. The van der Waals surface area contributed by atoms with Crippen molar-refractivity contribution in [2.45, 2.75) is 17.9 Å². The molecule has 0 aliphatic carbocycles. The fourth-order valence-corrected chi connectivity index (χ4v) is 3.76. The number of anilines is 1. The maximum Gasteiger partial charge on any atom is 0.261 e. The lowest BCUT2D eigenvalue weighted by atomic mass is 10.1. The fourth-order valence-electron chi connectivity index (χ4n) is 2.69. The Bertz CT molecular complexity index is 1230. The highest BCUT2D eigenvalue weighted by atomic mass is 32.2. The molecular formula is C21H16F4N2O3S. The van der Waals surface area contributed by atoms with E-state index in [0.29, 0.717) is 17.7 Å². The van der Waals surface area contributed by atoms with Crippen molar-refractivity contribution in [3.05, 3.63) is 95.1 Å². The van der Waals surface area contributed by atoms with E-state index in [-0.39, 0.29) is 11.3 Å². The number of nitrogens with one attached hydrogen (secondary N) is 2. The zero-order chi connectivity index (χ0) is 22.8. The van der Waals surface area contributed by atoms with Crippen LogP contribution in [-0.4, -0.2) is 14.3 Å². The largest absolute Gasteiger partial charge is 0.346 e. The number of sulfonamides is 1. The molecule has 2 N–H and O–H groups in total. The zero-order valence-corrected chi connectivity index (χ0v) is 16.8. The first-order chi connectivity index (χ1) is 14.6. The summed E-state index contributed by atoms with van der Waals surface area (Å²) in [6.45, 7) is 1.59. The molecule has 3 aromatic carbocycles. The van der Waals surface area contributed by atoms with Gasteiger partial charge < -0.3 is 5.32 Å². The predicted octanol–water partition coefficient (Wildman–Crippen LogP) is 4.53. The summed E-state index contributed by atoms with van der Waals surface area (Å²) >= 11 is 0. The van der Waals surface area contributed by atoms with E-state index in [9.17, 15) is 30.8 Å². The Morgan fingerprint density at radius 3 is 1.97 bits per heavy atom. The lowest BCUT2D eigenvalue weighted by Crippen LogP contribution is -2.26. The van der Waals surface area contributed by atoms with Gasteiger partial charge in [0.25, 0.3) is 15.9 Å². The summed E-state index contributed by atoms with van der Waals surface area (Å²) in [4.78, 5) is 11.9. The van der Waals surface area contributed by atoms with Gasteiger partial charge in [0.05, 0.1) is 10.9 Å².